The van der Waals surface area contributed by atoms with Gasteiger partial charge in [-0.2, -0.15) is 0 Å². The maximum Gasteiger partial charge on any atom is 0.260 e. The second-order valence-electron chi connectivity index (χ2n) is 13.8. The van der Waals surface area contributed by atoms with Crippen LogP contribution in [0.1, 0.15) is 38.9 Å². The number of ether oxygens (including phenoxy) is 2. The highest BCUT2D eigenvalue weighted by atomic mass is 16.5. The van der Waals surface area contributed by atoms with Gasteiger partial charge in [0.1, 0.15) is 23.0 Å². The summed E-state index contributed by atoms with van der Waals surface area (Å²) >= 11 is 0. The summed E-state index contributed by atoms with van der Waals surface area (Å²) in [5.41, 5.74) is 18.1. The lowest BCUT2D eigenvalue weighted by atomic mass is 9.34. The van der Waals surface area contributed by atoms with Crippen LogP contribution >= 0.6 is 0 Å². The highest BCUT2D eigenvalue weighted by Gasteiger charge is 2.42. The number of fused-ring (bicyclic) bond motifs is 7. The first-order chi connectivity index (χ1) is 22.7. The quantitative estimate of drug-likeness (QED) is 0.182. The van der Waals surface area contributed by atoms with Gasteiger partial charge in [0, 0.05) is 27.5 Å². The second kappa shape index (κ2) is 9.89. The van der Waals surface area contributed by atoms with Crippen LogP contribution in [0, 0.1) is 48.5 Å². The Morgan fingerprint density at radius 1 is 0.511 bits per heavy atom. The predicted molar refractivity (Wildman–Crippen MR) is 197 cm³/mol. The Balaban J connectivity index is 1.21. The minimum atomic E-state index is 0.0434. The summed E-state index contributed by atoms with van der Waals surface area (Å²) in [5.74, 6) is 3.71. The molecule has 9 rings (SSSR count). The second-order valence-corrected chi connectivity index (χ2v) is 13.8. The van der Waals surface area contributed by atoms with Crippen molar-refractivity contribution in [1.29, 1.82) is 0 Å². The van der Waals surface area contributed by atoms with Crippen LogP contribution < -0.4 is 25.9 Å². The zero-order valence-corrected chi connectivity index (χ0v) is 28.0. The van der Waals surface area contributed by atoms with Crippen molar-refractivity contribution in [2.45, 2.75) is 48.5 Å². The van der Waals surface area contributed by atoms with Crippen LogP contribution in [0.3, 0.4) is 0 Å². The van der Waals surface area contributed by atoms with Crippen LogP contribution in [0.25, 0.3) is 38.6 Å². The van der Waals surface area contributed by atoms with Crippen molar-refractivity contribution in [2.24, 2.45) is 0 Å². The zero-order chi connectivity index (χ0) is 32.3. The number of hydrogen-bond acceptors (Lipinski definition) is 2. The van der Waals surface area contributed by atoms with Crippen molar-refractivity contribution in [2.75, 3.05) is 0 Å². The van der Waals surface area contributed by atoms with E-state index in [0.29, 0.717) is 0 Å². The van der Waals surface area contributed by atoms with E-state index in [4.69, 9.17) is 9.47 Å². The number of para-hydroxylation sites is 1. The number of benzene rings is 6. The summed E-state index contributed by atoms with van der Waals surface area (Å²) in [4.78, 5) is 0. The molecule has 0 saturated heterocycles. The molecule has 0 N–H and O–H groups in total. The number of nitrogens with zero attached hydrogens (tertiary/aromatic N) is 1. The number of aryl methyl sites for hydroxylation is 7. The van der Waals surface area contributed by atoms with Gasteiger partial charge in [-0.05, 0) is 152 Å². The molecular weight excluding hydrogens is 573 g/mol. The van der Waals surface area contributed by atoms with Crippen LogP contribution in [0.4, 0.5) is 0 Å². The molecule has 4 heteroatoms. The van der Waals surface area contributed by atoms with Crippen molar-refractivity contribution < 1.29 is 9.47 Å². The first-order valence-corrected chi connectivity index (χ1v) is 16.5. The van der Waals surface area contributed by atoms with Gasteiger partial charge in [-0.3, -0.25) is 0 Å². The topological polar surface area (TPSA) is 23.4 Å². The normalized spacial score (nSPS) is 12.9. The van der Waals surface area contributed by atoms with Gasteiger partial charge in [0.05, 0.1) is 11.0 Å². The molecule has 228 valence electrons. The van der Waals surface area contributed by atoms with Crippen molar-refractivity contribution in [1.82, 2.24) is 4.57 Å². The Hall–Kier alpha value is -5.22. The van der Waals surface area contributed by atoms with E-state index in [1.165, 1.54) is 60.5 Å². The Labute approximate surface area is 276 Å². The molecule has 0 radical (unpaired) electrons. The summed E-state index contributed by atoms with van der Waals surface area (Å²) < 4.78 is 15.9. The third kappa shape index (κ3) is 4.00. The molecule has 2 aliphatic rings. The van der Waals surface area contributed by atoms with Gasteiger partial charge in [-0.15, -0.1) is 0 Å². The average molecular weight is 610 g/mol. The van der Waals surface area contributed by atoms with Crippen molar-refractivity contribution >= 4 is 44.9 Å². The van der Waals surface area contributed by atoms with E-state index in [1.54, 1.807) is 0 Å². The Morgan fingerprint density at radius 3 is 1.79 bits per heavy atom. The molecule has 6 aromatic carbocycles. The molecule has 7 aromatic rings. The van der Waals surface area contributed by atoms with Crippen LogP contribution in [-0.4, -0.2) is 11.3 Å². The lowest BCUT2D eigenvalue weighted by molar-refractivity contribution is 0.460. The first kappa shape index (κ1) is 28.0. The molecule has 3 nitrogen and oxygen atoms in total. The van der Waals surface area contributed by atoms with Gasteiger partial charge >= 0.3 is 0 Å². The number of rotatable bonds is 2. The molecule has 0 fully saturated rings. The largest absolute Gasteiger partial charge is 0.458 e. The van der Waals surface area contributed by atoms with Crippen molar-refractivity contribution in [3.63, 3.8) is 0 Å². The molecular formula is C43H36BNO2. The molecule has 0 amide bonds. The fraction of sp³-hybridized carbons (Fsp3) is 0.163. The van der Waals surface area contributed by atoms with E-state index in [2.05, 4.69) is 144 Å². The third-order valence-corrected chi connectivity index (χ3v) is 10.6. The van der Waals surface area contributed by atoms with Crippen LogP contribution in [-0.2, 0) is 0 Å². The first-order valence-electron chi connectivity index (χ1n) is 16.5. The molecule has 47 heavy (non-hydrogen) atoms. The fourth-order valence-corrected chi connectivity index (χ4v) is 7.90. The minimum Gasteiger partial charge on any atom is -0.458 e. The van der Waals surface area contributed by atoms with Gasteiger partial charge in [-0.1, -0.05) is 42.5 Å². The van der Waals surface area contributed by atoms with Crippen LogP contribution in [0.15, 0.2) is 91.0 Å². The summed E-state index contributed by atoms with van der Waals surface area (Å²) in [6, 6.07) is 33.8. The standard InChI is InChI=1S/C43H36BNO2/c1-23-11-16-35-39(17-23)46-41-28(6)18-29(7)42-40(41)44(35)36-10-8-9-32(43(36)47-42)30-12-14-31(15-13-30)45-37-21-26(4)24(2)19-33(37)34-20-25(3)27(5)22-38(34)45/h8-22H,1-7H3. The Bertz CT molecular complexity index is 2420. The number of hydrogen-bond donors (Lipinski definition) is 0. The predicted octanol–water partition coefficient (Wildman–Crippen LogP) is 9.34. The monoisotopic (exact) mass is 609 g/mol. The van der Waals surface area contributed by atoms with Gasteiger partial charge in [0.25, 0.3) is 6.71 Å². The van der Waals surface area contributed by atoms with E-state index in [9.17, 15) is 0 Å². The Morgan fingerprint density at radius 2 is 1.13 bits per heavy atom. The molecule has 3 heterocycles. The summed E-state index contributed by atoms with van der Waals surface area (Å²) in [5, 5.41) is 2.60. The van der Waals surface area contributed by atoms with E-state index >= 15 is 0 Å². The zero-order valence-electron chi connectivity index (χ0n) is 28.0. The van der Waals surface area contributed by atoms with Crippen molar-refractivity contribution in [3.8, 4) is 39.8 Å². The molecule has 0 spiro atoms. The summed E-state index contributed by atoms with van der Waals surface area (Å²) in [7, 11) is 0. The summed E-state index contributed by atoms with van der Waals surface area (Å²) in [6.07, 6.45) is 0. The maximum absolute atomic E-state index is 6.92. The molecule has 2 aliphatic heterocycles. The molecule has 0 unspecified atom stereocenters. The highest BCUT2D eigenvalue weighted by Crippen LogP contribution is 2.42. The van der Waals surface area contributed by atoms with Crippen LogP contribution in [0.2, 0.25) is 0 Å². The smallest absolute Gasteiger partial charge is 0.260 e. The fourth-order valence-electron chi connectivity index (χ4n) is 7.90. The van der Waals surface area contributed by atoms with Crippen molar-refractivity contribution in [3.05, 3.63) is 130 Å². The van der Waals surface area contributed by atoms with E-state index in [1.807, 2.05) is 0 Å². The van der Waals surface area contributed by atoms with Gasteiger partial charge in [0.2, 0.25) is 0 Å². The van der Waals surface area contributed by atoms with Gasteiger partial charge < -0.3 is 14.0 Å². The van der Waals surface area contributed by atoms with E-state index < -0.39 is 0 Å². The van der Waals surface area contributed by atoms with E-state index in [0.717, 1.165) is 56.4 Å². The lowest BCUT2D eigenvalue weighted by Gasteiger charge is -2.35. The lowest BCUT2D eigenvalue weighted by Crippen LogP contribution is -2.57. The molecule has 0 aliphatic carbocycles. The average Bonchev–Trinajstić information content (AvgIpc) is 3.34. The number of aromatic nitrogens is 1. The van der Waals surface area contributed by atoms with E-state index in [-0.39, 0.29) is 6.71 Å². The summed E-state index contributed by atoms with van der Waals surface area (Å²) in [6.45, 7) is 15.3. The van der Waals surface area contributed by atoms with Crippen LogP contribution in [0.5, 0.6) is 23.0 Å². The third-order valence-electron chi connectivity index (χ3n) is 10.6. The minimum absolute atomic E-state index is 0.0434. The molecule has 0 atom stereocenters. The van der Waals surface area contributed by atoms with Gasteiger partial charge in [0.15, 0.2) is 0 Å². The Kier molecular flexibility index (Phi) is 5.90. The van der Waals surface area contributed by atoms with Gasteiger partial charge in [-0.25, -0.2) is 0 Å². The molecule has 0 saturated carbocycles. The molecule has 0 bridgehead atoms. The maximum atomic E-state index is 6.92. The molecule has 1 aromatic heterocycles. The highest BCUT2D eigenvalue weighted by molar-refractivity contribution is 6.98. The SMILES string of the molecule is Cc1ccc2c(c1)Oc1c(C)cc(C)c3c1B2c1cccc(-c2ccc(-n4c5cc(C)c(C)cc5c5cc(C)c(C)cc54)cc2)c1O3.